The van der Waals surface area contributed by atoms with E-state index in [-0.39, 0.29) is 0 Å². The zero-order chi connectivity index (χ0) is 13.4. The van der Waals surface area contributed by atoms with Crippen LogP contribution in [0.2, 0.25) is 4.34 Å². The smallest absolute Gasteiger partial charge is 0.0934 e. The largest absolute Gasteiger partial charge is 0.307 e. The Morgan fingerprint density at radius 1 is 1.42 bits per heavy atom. The summed E-state index contributed by atoms with van der Waals surface area (Å²) in [7, 11) is 2.23. The monoisotopic (exact) mass is 298 g/mol. The summed E-state index contributed by atoms with van der Waals surface area (Å²) in [6.07, 6.45) is 5.04. The number of hydrogen-bond acceptors (Lipinski definition) is 3. The summed E-state index contributed by atoms with van der Waals surface area (Å²) in [5, 5.41) is 3.92. The van der Waals surface area contributed by atoms with E-state index in [0.717, 1.165) is 10.3 Å². The van der Waals surface area contributed by atoms with Gasteiger partial charge in [0, 0.05) is 23.5 Å². The number of fused-ring (bicyclic) bond motifs is 1. The average molecular weight is 299 g/mol. The molecule has 0 bridgehead atoms. The van der Waals surface area contributed by atoms with Crippen molar-refractivity contribution in [1.29, 1.82) is 0 Å². The van der Waals surface area contributed by atoms with Crippen LogP contribution in [-0.4, -0.2) is 31.1 Å². The third-order valence-electron chi connectivity index (χ3n) is 4.61. The molecule has 1 aliphatic carbocycles. The molecule has 1 N–H and O–H groups in total. The minimum atomic E-state index is 0.531. The molecule has 0 amide bonds. The molecule has 2 nitrogen and oxygen atoms in total. The van der Waals surface area contributed by atoms with Crippen LogP contribution in [0.5, 0.6) is 0 Å². The van der Waals surface area contributed by atoms with Gasteiger partial charge in [-0.05, 0) is 56.8 Å². The summed E-state index contributed by atoms with van der Waals surface area (Å²) >= 11 is 7.97. The van der Waals surface area contributed by atoms with Gasteiger partial charge in [-0.1, -0.05) is 18.5 Å². The van der Waals surface area contributed by atoms with Crippen LogP contribution in [0.1, 0.15) is 42.7 Å². The van der Waals surface area contributed by atoms with E-state index in [1.807, 2.05) is 0 Å². The van der Waals surface area contributed by atoms with Crippen molar-refractivity contribution in [3.63, 3.8) is 0 Å². The molecular weight excluding hydrogens is 276 g/mol. The molecule has 1 fully saturated rings. The van der Waals surface area contributed by atoms with E-state index < -0.39 is 0 Å². The summed E-state index contributed by atoms with van der Waals surface area (Å²) < 4.78 is 0.954. The molecule has 0 spiro atoms. The van der Waals surface area contributed by atoms with Gasteiger partial charge in [-0.25, -0.2) is 0 Å². The summed E-state index contributed by atoms with van der Waals surface area (Å²) in [5.41, 5.74) is 1.48. The predicted molar refractivity (Wildman–Crippen MR) is 83.2 cm³/mol. The van der Waals surface area contributed by atoms with Crippen molar-refractivity contribution in [2.45, 2.75) is 44.7 Å². The van der Waals surface area contributed by atoms with Gasteiger partial charge in [0.2, 0.25) is 0 Å². The molecular formula is C15H23ClN2S. The highest BCUT2D eigenvalue weighted by Crippen LogP contribution is 2.38. The molecule has 3 unspecified atom stereocenters. The molecule has 1 aliphatic heterocycles. The van der Waals surface area contributed by atoms with Gasteiger partial charge in [0.1, 0.15) is 0 Å². The van der Waals surface area contributed by atoms with Crippen molar-refractivity contribution >= 4 is 22.9 Å². The van der Waals surface area contributed by atoms with Crippen molar-refractivity contribution in [3.8, 4) is 0 Å². The molecule has 3 rings (SSSR count). The van der Waals surface area contributed by atoms with Gasteiger partial charge in [-0.3, -0.25) is 0 Å². The second-order valence-corrected chi connectivity index (χ2v) is 7.94. The van der Waals surface area contributed by atoms with E-state index in [2.05, 4.69) is 30.3 Å². The molecule has 0 radical (unpaired) electrons. The van der Waals surface area contributed by atoms with E-state index in [0.29, 0.717) is 12.1 Å². The molecule has 1 aromatic rings. The van der Waals surface area contributed by atoms with Crippen molar-refractivity contribution in [2.24, 2.45) is 5.92 Å². The first-order valence-corrected chi connectivity index (χ1v) is 8.55. The van der Waals surface area contributed by atoms with Crippen LogP contribution < -0.4 is 5.32 Å². The molecule has 19 heavy (non-hydrogen) atoms. The molecule has 0 saturated carbocycles. The first-order chi connectivity index (χ1) is 9.13. The average Bonchev–Trinajstić information content (AvgIpc) is 2.74. The Morgan fingerprint density at radius 2 is 2.26 bits per heavy atom. The molecule has 106 valence electrons. The zero-order valence-corrected chi connectivity index (χ0v) is 13.4. The van der Waals surface area contributed by atoms with E-state index in [1.165, 1.54) is 49.2 Å². The lowest BCUT2D eigenvalue weighted by Crippen LogP contribution is -2.48. The van der Waals surface area contributed by atoms with Crippen LogP contribution in [0.25, 0.3) is 0 Å². The van der Waals surface area contributed by atoms with E-state index in [9.17, 15) is 0 Å². The fraction of sp³-hybridized carbons (Fsp3) is 0.733. The van der Waals surface area contributed by atoms with E-state index in [4.69, 9.17) is 11.6 Å². The highest BCUT2D eigenvalue weighted by Gasteiger charge is 2.29. The maximum Gasteiger partial charge on any atom is 0.0934 e. The fourth-order valence-electron chi connectivity index (χ4n) is 3.55. The fourth-order valence-corrected chi connectivity index (χ4v) is 4.94. The molecule has 3 atom stereocenters. The molecule has 2 aliphatic rings. The lowest BCUT2D eigenvalue weighted by molar-refractivity contribution is 0.163. The van der Waals surface area contributed by atoms with Gasteiger partial charge in [0.25, 0.3) is 0 Å². The Hall–Kier alpha value is -0.0900. The lowest BCUT2D eigenvalue weighted by Gasteiger charge is -2.38. The summed E-state index contributed by atoms with van der Waals surface area (Å²) in [4.78, 5) is 3.95. The maximum absolute atomic E-state index is 6.19. The third kappa shape index (κ3) is 2.99. The van der Waals surface area contributed by atoms with Crippen LogP contribution in [0, 0.1) is 5.92 Å². The van der Waals surface area contributed by atoms with Crippen LogP contribution in [0.15, 0.2) is 6.07 Å². The third-order valence-corrected chi connectivity index (χ3v) is 5.95. The Bertz CT molecular complexity index is 445. The van der Waals surface area contributed by atoms with E-state index in [1.54, 1.807) is 11.3 Å². The van der Waals surface area contributed by atoms with Crippen LogP contribution in [-0.2, 0) is 6.42 Å². The van der Waals surface area contributed by atoms with Gasteiger partial charge in [0.15, 0.2) is 0 Å². The minimum Gasteiger partial charge on any atom is -0.307 e. The zero-order valence-electron chi connectivity index (χ0n) is 11.8. The number of piperidine rings is 1. The normalized spacial score (nSPS) is 32.3. The summed E-state index contributed by atoms with van der Waals surface area (Å²) in [6, 6.07) is 3.38. The van der Waals surface area contributed by atoms with E-state index >= 15 is 0 Å². The van der Waals surface area contributed by atoms with Crippen LogP contribution in [0.3, 0.4) is 0 Å². The number of rotatable bonds is 2. The molecule has 0 aromatic carbocycles. The highest BCUT2D eigenvalue weighted by molar-refractivity contribution is 7.16. The number of hydrogen-bond donors (Lipinski definition) is 1. The summed E-state index contributed by atoms with van der Waals surface area (Å²) in [5.74, 6) is 0.734. The highest BCUT2D eigenvalue weighted by atomic mass is 35.5. The first-order valence-electron chi connectivity index (χ1n) is 7.36. The molecule has 1 saturated heterocycles. The number of thiophene rings is 1. The Kier molecular flexibility index (Phi) is 4.18. The van der Waals surface area contributed by atoms with Gasteiger partial charge in [-0.2, -0.15) is 0 Å². The number of halogens is 1. The number of nitrogens with one attached hydrogen (secondary N) is 1. The van der Waals surface area contributed by atoms with Crippen molar-refractivity contribution in [3.05, 3.63) is 20.8 Å². The standard InChI is InChI=1S/C15H23ClN2S/c1-10-9-18(2)7-6-12(10)17-13-4-3-5-14-11(13)8-15(16)19-14/h8,10,12-13,17H,3-7,9H2,1-2H3. The van der Waals surface area contributed by atoms with Crippen LogP contribution in [0.4, 0.5) is 0 Å². The SMILES string of the molecule is CC1CN(C)CCC1NC1CCCc2sc(Cl)cc21. The van der Waals surface area contributed by atoms with Gasteiger partial charge < -0.3 is 10.2 Å². The Balaban J connectivity index is 1.70. The Morgan fingerprint density at radius 3 is 3.05 bits per heavy atom. The van der Waals surface area contributed by atoms with Crippen molar-refractivity contribution in [2.75, 3.05) is 20.1 Å². The maximum atomic E-state index is 6.19. The quantitative estimate of drug-likeness (QED) is 0.895. The molecule has 1 aromatic heterocycles. The second-order valence-electron chi connectivity index (χ2n) is 6.18. The van der Waals surface area contributed by atoms with Crippen molar-refractivity contribution < 1.29 is 0 Å². The number of likely N-dealkylation sites (tertiary alicyclic amines) is 1. The predicted octanol–water partition coefficient (Wildman–Crippen LogP) is 3.71. The van der Waals surface area contributed by atoms with Gasteiger partial charge >= 0.3 is 0 Å². The van der Waals surface area contributed by atoms with Crippen LogP contribution >= 0.6 is 22.9 Å². The lowest BCUT2D eigenvalue weighted by atomic mass is 9.89. The topological polar surface area (TPSA) is 15.3 Å². The molecule has 2 heterocycles. The van der Waals surface area contributed by atoms with Gasteiger partial charge in [0.05, 0.1) is 4.34 Å². The number of nitrogens with zero attached hydrogens (tertiary/aromatic N) is 1. The number of aryl methyl sites for hydroxylation is 1. The Labute approximate surface area is 125 Å². The van der Waals surface area contributed by atoms with Gasteiger partial charge in [-0.15, -0.1) is 11.3 Å². The minimum absolute atomic E-state index is 0.531. The summed E-state index contributed by atoms with van der Waals surface area (Å²) in [6.45, 7) is 4.80. The molecule has 4 heteroatoms. The first kappa shape index (κ1) is 13.9. The second kappa shape index (κ2) is 5.72. The van der Waals surface area contributed by atoms with Crippen molar-refractivity contribution in [1.82, 2.24) is 10.2 Å².